The Morgan fingerprint density at radius 3 is 2.86 bits per heavy atom. The van der Waals surface area contributed by atoms with Crippen LogP contribution in [0.2, 0.25) is 0 Å². The molecule has 2 rings (SSSR count). The lowest BCUT2D eigenvalue weighted by Crippen LogP contribution is -2.25. The van der Waals surface area contributed by atoms with Gasteiger partial charge in [-0.05, 0) is 40.4 Å². The number of nitrogens with one attached hydrogen (secondary N) is 1. The molecule has 1 aromatic rings. The maximum Gasteiger partial charge on any atom is 0.0410 e. The van der Waals surface area contributed by atoms with Gasteiger partial charge in [-0.1, -0.05) is 12.2 Å². The van der Waals surface area contributed by atoms with Crippen molar-refractivity contribution in [2.75, 3.05) is 0 Å². The summed E-state index contributed by atoms with van der Waals surface area (Å²) in [5, 5.41) is 3.50. The normalized spacial score (nSPS) is 16.4. The largest absolute Gasteiger partial charge is 0.309 e. The molecule has 14 heavy (non-hydrogen) atoms. The molecule has 0 amide bonds. The molecule has 0 aliphatic heterocycles. The second kappa shape index (κ2) is 4.71. The quantitative estimate of drug-likeness (QED) is 0.837. The van der Waals surface area contributed by atoms with Crippen LogP contribution in [0.4, 0.5) is 0 Å². The topological polar surface area (TPSA) is 24.9 Å². The summed E-state index contributed by atoms with van der Waals surface area (Å²) < 4.78 is 1.04. The van der Waals surface area contributed by atoms with E-state index in [-0.39, 0.29) is 0 Å². The molecule has 0 aromatic carbocycles. The number of hydrogen-bond donors (Lipinski definition) is 1. The third kappa shape index (κ3) is 2.66. The van der Waals surface area contributed by atoms with Gasteiger partial charge in [-0.3, -0.25) is 4.98 Å². The zero-order chi connectivity index (χ0) is 9.80. The van der Waals surface area contributed by atoms with E-state index in [4.69, 9.17) is 0 Å². The third-order valence-electron chi connectivity index (χ3n) is 2.36. The summed E-state index contributed by atoms with van der Waals surface area (Å²) in [6.45, 7) is 0.902. The molecular weight excluding hydrogens is 240 g/mol. The zero-order valence-electron chi connectivity index (χ0n) is 7.91. The number of nitrogens with zero attached hydrogens (tertiary/aromatic N) is 1. The third-order valence-corrected chi connectivity index (χ3v) is 2.80. The second-order valence-corrected chi connectivity index (χ2v) is 4.45. The predicted octanol–water partition coefficient (Wildman–Crippen LogP) is 2.65. The van der Waals surface area contributed by atoms with Crippen LogP contribution in [0.25, 0.3) is 0 Å². The van der Waals surface area contributed by atoms with Crippen molar-refractivity contribution in [3.63, 3.8) is 0 Å². The van der Waals surface area contributed by atoms with Crippen molar-refractivity contribution < 1.29 is 0 Å². The molecule has 0 atom stereocenters. The monoisotopic (exact) mass is 252 g/mol. The van der Waals surface area contributed by atoms with Gasteiger partial charge in [0.1, 0.15) is 0 Å². The van der Waals surface area contributed by atoms with Gasteiger partial charge in [0.2, 0.25) is 0 Å². The fourth-order valence-electron chi connectivity index (χ4n) is 1.60. The van der Waals surface area contributed by atoms with Crippen LogP contribution in [0.5, 0.6) is 0 Å². The van der Waals surface area contributed by atoms with Crippen LogP contribution in [0.1, 0.15) is 18.4 Å². The van der Waals surface area contributed by atoms with Crippen LogP contribution in [0.3, 0.4) is 0 Å². The standard InChI is InChI=1S/C11H13BrN2/c12-10-5-9(6-13-8-10)7-14-11-3-1-2-4-11/h1-2,5-6,8,11,14H,3-4,7H2. The lowest BCUT2D eigenvalue weighted by Gasteiger charge is -2.11. The van der Waals surface area contributed by atoms with E-state index in [9.17, 15) is 0 Å². The van der Waals surface area contributed by atoms with E-state index in [0.717, 1.165) is 23.9 Å². The van der Waals surface area contributed by atoms with Crippen molar-refractivity contribution >= 4 is 15.9 Å². The minimum Gasteiger partial charge on any atom is -0.309 e. The molecule has 0 fully saturated rings. The number of hydrogen-bond acceptors (Lipinski definition) is 2. The molecule has 1 aliphatic carbocycles. The Hall–Kier alpha value is -0.670. The molecule has 2 nitrogen and oxygen atoms in total. The summed E-state index contributed by atoms with van der Waals surface area (Å²) in [7, 11) is 0. The van der Waals surface area contributed by atoms with E-state index < -0.39 is 0 Å². The molecular formula is C11H13BrN2. The van der Waals surface area contributed by atoms with Crippen molar-refractivity contribution in [3.05, 3.63) is 40.6 Å². The molecule has 0 unspecified atom stereocenters. The summed E-state index contributed by atoms with van der Waals surface area (Å²) in [6.07, 6.45) is 10.5. The SMILES string of the molecule is Brc1cncc(CNC2CC=CC2)c1. The van der Waals surface area contributed by atoms with Crippen LogP contribution in [-0.4, -0.2) is 11.0 Å². The highest BCUT2D eigenvalue weighted by Crippen LogP contribution is 2.12. The Morgan fingerprint density at radius 1 is 1.36 bits per heavy atom. The number of pyridine rings is 1. The Morgan fingerprint density at radius 2 is 2.14 bits per heavy atom. The fraction of sp³-hybridized carbons (Fsp3) is 0.364. The first-order valence-electron chi connectivity index (χ1n) is 4.82. The lowest BCUT2D eigenvalue weighted by molar-refractivity contribution is 0.538. The molecule has 1 N–H and O–H groups in total. The van der Waals surface area contributed by atoms with Crippen molar-refractivity contribution in [1.82, 2.24) is 10.3 Å². The predicted molar refractivity (Wildman–Crippen MR) is 60.9 cm³/mol. The van der Waals surface area contributed by atoms with Gasteiger partial charge in [0.15, 0.2) is 0 Å². The summed E-state index contributed by atoms with van der Waals surface area (Å²) in [4.78, 5) is 4.13. The van der Waals surface area contributed by atoms with E-state index in [1.54, 1.807) is 6.20 Å². The maximum atomic E-state index is 4.13. The molecule has 0 bridgehead atoms. The number of aromatic nitrogens is 1. The van der Waals surface area contributed by atoms with Gasteiger partial charge in [0.05, 0.1) is 0 Å². The van der Waals surface area contributed by atoms with E-state index in [0.29, 0.717) is 6.04 Å². The van der Waals surface area contributed by atoms with Gasteiger partial charge >= 0.3 is 0 Å². The Bertz CT molecular complexity index is 328. The van der Waals surface area contributed by atoms with Crippen LogP contribution >= 0.6 is 15.9 Å². The van der Waals surface area contributed by atoms with Crippen molar-refractivity contribution in [1.29, 1.82) is 0 Å². The van der Waals surface area contributed by atoms with Gasteiger partial charge in [0.25, 0.3) is 0 Å². The Kier molecular flexibility index (Phi) is 3.32. The minimum atomic E-state index is 0.619. The van der Waals surface area contributed by atoms with Gasteiger partial charge < -0.3 is 5.32 Å². The molecule has 0 spiro atoms. The van der Waals surface area contributed by atoms with Crippen LogP contribution in [0, 0.1) is 0 Å². The molecule has 3 heteroatoms. The fourth-order valence-corrected chi connectivity index (χ4v) is 2.01. The van der Waals surface area contributed by atoms with Gasteiger partial charge in [-0.2, -0.15) is 0 Å². The van der Waals surface area contributed by atoms with Crippen LogP contribution < -0.4 is 5.32 Å². The summed E-state index contributed by atoms with van der Waals surface area (Å²) in [5.74, 6) is 0. The minimum absolute atomic E-state index is 0.619. The second-order valence-electron chi connectivity index (χ2n) is 3.53. The molecule has 1 aromatic heterocycles. The van der Waals surface area contributed by atoms with Crippen LogP contribution in [-0.2, 0) is 6.54 Å². The smallest absolute Gasteiger partial charge is 0.0410 e. The maximum absolute atomic E-state index is 4.13. The molecule has 1 aliphatic rings. The lowest BCUT2D eigenvalue weighted by atomic mass is 10.2. The van der Waals surface area contributed by atoms with E-state index >= 15 is 0 Å². The molecule has 0 radical (unpaired) electrons. The molecule has 0 saturated heterocycles. The van der Waals surface area contributed by atoms with Crippen LogP contribution in [0.15, 0.2) is 35.1 Å². The highest BCUT2D eigenvalue weighted by atomic mass is 79.9. The first-order chi connectivity index (χ1) is 6.84. The zero-order valence-corrected chi connectivity index (χ0v) is 9.50. The summed E-state index contributed by atoms with van der Waals surface area (Å²) >= 11 is 3.41. The van der Waals surface area contributed by atoms with Gasteiger partial charge in [-0.25, -0.2) is 0 Å². The van der Waals surface area contributed by atoms with E-state index in [1.807, 2.05) is 6.20 Å². The first-order valence-corrected chi connectivity index (χ1v) is 5.62. The average Bonchev–Trinajstić information content (AvgIpc) is 2.67. The molecule has 0 saturated carbocycles. The molecule has 1 heterocycles. The number of rotatable bonds is 3. The Labute approximate surface area is 92.6 Å². The average molecular weight is 253 g/mol. The first kappa shape index (κ1) is 9.87. The highest BCUT2D eigenvalue weighted by Gasteiger charge is 2.08. The van der Waals surface area contributed by atoms with E-state index in [1.165, 1.54) is 5.56 Å². The summed E-state index contributed by atoms with van der Waals surface area (Å²) in [5.41, 5.74) is 1.23. The van der Waals surface area contributed by atoms with Crippen molar-refractivity contribution in [3.8, 4) is 0 Å². The Balaban J connectivity index is 1.85. The summed E-state index contributed by atoms with van der Waals surface area (Å²) in [6, 6.07) is 2.72. The van der Waals surface area contributed by atoms with Gasteiger partial charge in [0, 0.05) is 29.5 Å². The van der Waals surface area contributed by atoms with E-state index in [2.05, 4.69) is 44.4 Å². The van der Waals surface area contributed by atoms with Crippen molar-refractivity contribution in [2.24, 2.45) is 0 Å². The van der Waals surface area contributed by atoms with Gasteiger partial charge in [-0.15, -0.1) is 0 Å². The highest BCUT2D eigenvalue weighted by molar-refractivity contribution is 9.10. The van der Waals surface area contributed by atoms with Crippen molar-refractivity contribution in [2.45, 2.75) is 25.4 Å². The number of halogens is 1. The molecule has 74 valence electrons.